The molecule has 0 bridgehead atoms. The zero-order chi connectivity index (χ0) is 23.2. The van der Waals surface area contributed by atoms with Gasteiger partial charge in [-0.3, -0.25) is 14.2 Å². The Bertz CT molecular complexity index is 1370. The number of aromatic nitrogens is 2. The number of para-hydroxylation sites is 1. The summed E-state index contributed by atoms with van der Waals surface area (Å²) in [5.41, 5.74) is 4.27. The standard InChI is InChI=1S/C24H19ClN4O3S/c1-32-19-12-6-16(7-13-19)14-26-28-22(30)15-33-24-27-21-5-3-2-4-20(21)23(31)29(24)18-10-8-17(25)9-11-18/h2-14H,15H2,1H3,(H,28,30)/b26-14+. The lowest BCUT2D eigenvalue weighted by Gasteiger charge is -2.13. The molecule has 1 aromatic heterocycles. The molecule has 0 saturated carbocycles. The van der Waals surface area contributed by atoms with Crippen LogP contribution in [0.2, 0.25) is 5.02 Å². The van der Waals surface area contributed by atoms with Crippen molar-refractivity contribution in [3.8, 4) is 11.4 Å². The van der Waals surface area contributed by atoms with E-state index in [0.717, 1.165) is 23.1 Å². The highest BCUT2D eigenvalue weighted by Crippen LogP contribution is 2.22. The zero-order valence-electron chi connectivity index (χ0n) is 17.6. The molecule has 9 heteroatoms. The summed E-state index contributed by atoms with van der Waals surface area (Å²) in [4.78, 5) is 30.2. The lowest BCUT2D eigenvalue weighted by atomic mass is 10.2. The van der Waals surface area contributed by atoms with Crippen LogP contribution in [0.4, 0.5) is 0 Å². The monoisotopic (exact) mass is 478 g/mol. The van der Waals surface area contributed by atoms with Crippen LogP contribution in [0.25, 0.3) is 16.6 Å². The fourth-order valence-corrected chi connectivity index (χ4v) is 3.99. The Morgan fingerprint density at radius 2 is 1.85 bits per heavy atom. The number of hydrazone groups is 1. The molecule has 7 nitrogen and oxygen atoms in total. The van der Waals surface area contributed by atoms with E-state index in [9.17, 15) is 9.59 Å². The summed E-state index contributed by atoms with van der Waals surface area (Å²) >= 11 is 7.15. The minimum atomic E-state index is -0.324. The number of halogens is 1. The van der Waals surface area contributed by atoms with Crippen LogP contribution in [-0.4, -0.2) is 34.5 Å². The van der Waals surface area contributed by atoms with Crippen molar-refractivity contribution in [3.63, 3.8) is 0 Å². The summed E-state index contributed by atoms with van der Waals surface area (Å²) in [6.07, 6.45) is 1.54. The number of hydrogen-bond donors (Lipinski definition) is 1. The van der Waals surface area contributed by atoms with Gasteiger partial charge in [0.25, 0.3) is 11.5 Å². The van der Waals surface area contributed by atoms with Gasteiger partial charge in [-0.2, -0.15) is 5.10 Å². The molecule has 4 aromatic rings. The van der Waals surface area contributed by atoms with Crippen molar-refractivity contribution < 1.29 is 9.53 Å². The number of ether oxygens (including phenoxy) is 1. The molecular weight excluding hydrogens is 460 g/mol. The lowest BCUT2D eigenvalue weighted by Crippen LogP contribution is -2.24. The van der Waals surface area contributed by atoms with Crippen molar-refractivity contribution in [1.82, 2.24) is 15.0 Å². The third-order valence-electron chi connectivity index (χ3n) is 4.68. The number of carbonyl (C=O) groups excluding carboxylic acids is 1. The highest BCUT2D eigenvalue weighted by atomic mass is 35.5. The van der Waals surface area contributed by atoms with Gasteiger partial charge in [-0.25, -0.2) is 10.4 Å². The van der Waals surface area contributed by atoms with Crippen molar-refractivity contribution in [3.05, 3.63) is 93.7 Å². The normalized spacial score (nSPS) is 11.1. The number of methoxy groups -OCH3 is 1. The number of rotatable bonds is 7. The van der Waals surface area contributed by atoms with E-state index in [4.69, 9.17) is 16.3 Å². The molecule has 4 rings (SSSR count). The molecule has 0 atom stereocenters. The van der Waals surface area contributed by atoms with Gasteiger partial charge in [-0.1, -0.05) is 35.5 Å². The molecule has 0 spiro atoms. The number of nitrogens with one attached hydrogen (secondary N) is 1. The number of carbonyl (C=O) groups is 1. The number of thioether (sulfide) groups is 1. The van der Waals surface area contributed by atoms with Crippen molar-refractivity contribution in [2.45, 2.75) is 5.16 Å². The first-order valence-corrected chi connectivity index (χ1v) is 11.3. The molecular formula is C24H19ClN4O3S. The molecule has 0 unspecified atom stereocenters. The highest BCUT2D eigenvalue weighted by Gasteiger charge is 2.14. The highest BCUT2D eigenvalue weighted by molar-refractivity contribution is 7.99. The first-order chi connectivity index (χ1) is 16.0. The summed E-state index contributed by atoms with van der Waals surface area (Å²) in [6, 6.07) is 21.3. The Morgan fingerprint density at radius 1 is 1.12 bits per heavy atom. The topological polar surface area (TPSA) is 85.6 Å². The number of fused-ring (bicyclic) bond motifs is 1. The van der Waals surface area contributed by atoms with Crippen molar-refractivity contribution >= 4 is 46.4 Å². The van der Waals surface area contributed by atoms with Crippen LogP contribution in [0.5, 0.6) is 5.75 Å². The molecule has 1 N–H and O–H groups in total. The van der Waals surface area contributed by atoms with E-state index >= 15 is 0 Å². The fraction of sp³-hybridized carbons (Fsp3) is 0.0833. The first kappa shape index (κ1) is 22.6. The Morgan fingerprint density at radius 3 is 2.58 bits per heavy atom. The van der Waals surface area contributed by atoms with E-state index in [2.05, 4.69) is 15.5 Å². The minimum absolute atomic E-state index is 0.0261. The van der Waals surface area contributed by atoms with Crippen LogP contribution in [-0.2, 0) is 4.79 Å². The van der Waals surface area contributed by atoms with Crippen LogP contribution in [0, 0.1) is 0 Å². The van der Waals surface area contributed by atoms with E-state index in [1.807, 2.05) is 18.2 Å². The maximum Gasteiger partial charge on any atom is 0.266 e. The molecule has 1 amide bonds. The Hall–Kier alpha value is -3.62. The quantitative estimate of drug-likeness (QED) is 0.185. The van der Waals surface area contributed by atoms with Gasteiger partial charge in [0, 0.05) is 5.02 Å². The van der Waals surface area contributed by atoms with Crippen LogP contribution in [0.3, 0.4) is 0 Å². The minimum Gasteiger partial charge on any atom is -0.497 e. The predicted octanol–water partition coefficient (Wildman–Crippen LogP) is 4.29. The van der Waals surface area contributed by atoms with Gasteiger partial charge in [-0.15, -0.1) is 0 Å². The molecule has 0 aliphatic rings. The average Bonchev–Trinajstić information content (AvgIpc) is 2.84. The second kappa shape index (κ2) is 10.3. The summed E-state index contributed by atoms with van der Waals surface area (Å²) in [7, 11) is 1.60. The second-order valence-corrected chi connectivity index (χ2v) is 8.26. The number of benzene rings is 3. The number of amides is 1. The number of nitrogens with zero attached hydrogens (tertiary/aromatic N) is 3. The van der Waals surface area contributed by atoms with Crippen LogP contribution < -0.4 is 15.7 Å². The zero-order valence-corrected chi connectivity index (χ0v) is 19.1. The van der Waals surface area contributed by atoms with Gasteiger partial charge >= 0.3 is 0 Å². The van der Waals surface area contributed by atoms with E-state index < -0.39 is 0 Å². The number of hydrogen-bond acceptors (Lipinski definition) is 6. The van der Waals surface area contributed by atoms with Gasteiger partial charge in [0.2, 0.25) is 0 Å². The molecule has 0 fully saturated rings. The van der Waals surface area contributed by atoms with E-state index in [1.165, 1.54) is 4.57 Å². The first-order valence-electron chi connectivity index (χ1n) is 9.91. The molecule has 0 aliphatic carbocycles. The maximum absolute atomic E-state index is 13.2. The average molecular weight is 479 g/mol. The summed E-state index contributed by atoms with van der Waals surface area (Å²) in [6.45, 7) is 0. The summed E-state index contributed by atoms with van der Waals surface area (Å²) in [5, 5.41) is 5.43. The maximum atomic E-state index is 13.2. The Labute approximate surface area is 199 Å². The van der Waals surface area contributed by atoms with E-state index in [0.29, 0.717) is 26.8 Å². The van der Waals surface area contributed by atoms with Gasteiger partial charge in [0.15, 0.2) is 5.16 Å². The smallest absolute Gasteiger partial charge is 0.266 e. The molecule has 33 heavy (non-hydrogen) atoms. The molecule has 166 valence electrons. The molecule has 0 aliphatic heterocycles. The van der Waals surface area contributed by atoms with Gasteiger partial charge in [-0.05, 0) is 66.2 Å². The van der Waals surface area contributed by atoms with Crippen LogP contribution in [0.15, 0.2) is 87.8 Å². The predicted molar refractivity (Wildman–Crippen MR) is 132 cm³/mol. The van der Waals surface area contributed by atoms with E-state index in [-0.39, 0.29) is 17.2 Å². The van der Waals surface area contributed by atoms with Gasteiger partial charge in [0.1, 0.15) is 5.75 Å². The van der Waals surface area contributed by atoms with Crippen LogP contribution >= 0.6 is 23.4 Å². The van der Waals surface area contributed by atoms with Gasteiger partial charge < -0.3 is 4.74 Å². The Kier molecular flexibility index (Phi) is 7.07. The molecule has 0 saturated heterocycles. The molecule has 0 radical (unpaired) electrons. The molecule has 3 aromatic carbocycles. The van der Waals surface area contributed by atoms with E-state index in [1.54, 1.807) is 67.9 Å². The largest absolute Gasteiger partial charge is 0.497 e. The SMILES string of the molecule is COc1ccc(/C=N/NC(=O)CSc2nc3ccccc3c(=O)n2-c2ccc(Cl)cc2)cc1. The van der Waals surface area contributed by atoms with Crippen molar-refractivity contribution in [2.24, 2.45) is 5.10 Å². The molecule has 1 heterocycles. The summed E-state index contributed by atoms with van der Waals surface area (Å²) < 4.78 is 6.60. The fourth-order valence-electron chi connectivity index (χ4n) is 3.06. The van der Waals surface area contributed by atoms with Crippen molar-refractivity contribution in [1.29, 1.82) is 0 Å². The lowest BCUT2D eigenvalue weighted by molar-refractivity contribution is -0.118. The van der Waals surface area contributed by atoms with Crippen LogP contribution in [0.1, 0.15) is 5.56 Å². The summed E-state index contributed by atoms with van der Waals surface area (Å²) in [5.74, 6) is 0.440. The van der Waals surface area contributed by atoms with Crippen molar-refractivity contribution in [2.75, 3.05) is 12.9 Å². The van der Waals surface area contributed by atoms with Gasteiger partial charge in [0.05, 0.1) is 35.7 Å². The third-order valence-corrected chi connectivity index (χ3v) is 5.87. The Balaban J connectivity index is 1.53. The third kappa shape index (κ3) is 5.42. The second-order valence-electron chi connectivity index (χ2n) is 6.88.